The highest BCUT2D eigenvalue weighted by Crippen LogP contribution is 2.21. The van der Waals surface area contributed by atoms with Crippen LogP contribution in [0.15, 0.2) is 69.0 Å². The minimum atomic E-state index is -0.820. The first kappa shape index (κ1) is 18.4. The van der Waals surface area contributed by atoms with E-state index in [9.17, 15) is 14.4 Å². The molecule has 0 fully saturated rings. The Kier molecular flexibility index (Phi) is 4.82. The van der Waals surface area contributed by atoms with Crippen LogP contribution in [-0.4, -0.2) is 19.5 Å². The third-order valence-corrected chi connectivity index (χ3v) is 4.52. The molecular formula is C21H18N4O4. The summed E-state index contributed by atoms with van der Waals surface area (Å²) in [4.78, 5) is 43.3. The topological polar surface area (TPSA) is 110 Å². The lowest BCUT2D eigenvalue weighted by molar-refractivity contribution is 0.307. The normalized spacial score (nSPS) is 10.9. The molecule has 2 aromatic heterocycles. The van der Waals surface area contributed by atoms with Crippen molar-refractivity contribution in [3.05, 3.63) is 103 Å². The standard InChI is InChI=1S/C21H18N4O4/c1-13-10-15(17-4-2-3-5-18(17)22-13)12-29-16-8-6-14(7-9-16)11-25-20(27)23-19(26)24-21(25)28/h2-10H,11-12H2,1H3,(H2,23,24,26,27,28). The van der Waals surface area contributed by atoms with Crippen LogP contribution in [0.2, 0.25) is 0 Å². The molecule has 2 heterocycles. The maximum atomic E-state index is 11.8. The fourth-order valence-corrected chi connectivity index (χ4v) is 3.15. The number of fused-ring (bicyclic) bond motifs is 1. The van der Waals surface area contributed by atoms with Crippen LogP contribution in [0.1, 0.15) is 16.8 Å². The molecule has 0 saturated heterocycles. The van der Waals surface area contributed by atoms with Gasteiger partial charge in [-0.1, -0.05) is 30.3 Å². The predicted molar refractivity (Wildman–Crippen MR) is 108 cm³/mol. The number of pyridine rings is 1. The van der Waals surface area contributed by atoms with Crippen molar-refractivity contribution in [1.82, 2.24) is 19.5 Å². The predicted octanol–water partition coefficient (Wildman–Crippen LogP) is 1.71. The zero-order valence-electron chi connectivity index (χ0n) is 15.6. The molecule has 0 spiro atoms. The van der Waals surface area contributed by atoms with Gasteiger partial charge in [-0.15, -0.1) is 0 Å². The highest BCUT2D eigenvalue weighted by Gasteiger charge is 2.06. The van der Waals surface area contributed by atoms with Gasteiger partial charge in [-0.25, -0.2) is 19.0 Å². The first-order valence-corrected chi connectivity index (χ1v) is 9.00. The number of aromatic amines is 2. The van der Waals surface area contributed by atoms with Crippen LogP contribution in [0.4, 0.5) is 0 Å². The molecule has 0 bridgehead atoms. The van der Waals surface area contributed by atoms with E-state index in [1.54, 1.807) is 24.3 Å². The second-order valence-corrected chi connectivity index (χ2v) is 6.65. The molecule has 0 aliphatic rings. The summed E-state index contributed by atoms with van der Waals surface area (Å²) in [6.07, 6.45) is 0. The Labute approximate surface area is 164 Å². The summed E-state index contributed by atoms with van der Waals surface area (Å²) >= 11 is 0. The molecule has 0 amide bonds. The molecule has 146 valence electrons. The van der Waals surface area contributed by atoms with E-state index in [2.05, 4.69) is 4.98 Å². The summed E-state index contributed by atoms with van der Waals surface area (Å²) in [6.45, 7) is 2.38. The van der Waals surface area contributed by atoms with Gasteiger partial charge in [0.05, 0.1) is 12.1 Å². The quantitative estimate of drug-likeness (QED) is 0.539. The Balaban J connectivity index is 1.51. The molecular weight excluding hydrogens is 372 g/mol. The van der Waals surface area contributed by atoms with Crippen molar-refractivity contribution in [3.8, 4) is 5.75 Å². The average Bonchev–Trinajstić information content (AvgIpc) is 2.69. The molecule has 0 radical (unpaired) electrons. The van der Waals surface area contributed by atoms with Crippen molar-refractivity contribution in [3.63, 3.8) is 0 Å². The maximum Gasteiger partial charge on any atom is 0.333 e. The summed E-state index contributed by atoms with van der Waals surface area (Å²) in [5.41, 5.74) is 1.30. The van der Waals surface area contributed by atoms with Crippen molar-refractivity contribution in [2.45, 2.75) is 20.1 Å². The number of nitrogens with zero attached hydrogens (tertiary/aromatic N) is 2. The van der Waals surface area contributed by atoms with Crippen LogP contribution in [0.5, 0.6) is 5.75 Å². The molecule has 4 rings (SSSR count). The number of aromatic nitrogens is 4. The number of aryl methyl sites for hydroxylation is 1. The lowest BCUT2D eigenvalue weighted by atomic mass is 10.1. The number of H-pyrrole nitrogens is 2. The fourth-order valence-electron chi connectivity index (χ4n) is 3.15. The smallest absolute Gasteiger partial charge is 0.333 e. The van der Waals surface area contributed by atoms with Crippen molar-refractivity contribution < 1.29 is 4.74 Å². The van der Waals surface area contributed by atoms with Crippen LogP contribution in [-0.2, 0) is 13.2 Å². The molecule has 29 heavy (non-hydrogen) atoms. The van der Waals surface area contributed by atoms with Crippen molar-refractivity contribution >= 4 is 10.9 Å². The van der Waals surface area contributed by atoms with Gasteiger partial charge in [-0.3, -0.25) is 15.0 Å². The number of ether oxygens (including phenoxy) is 1. The second-order valence-electron chi connectivity index (χ2n) is 6.65. The zero-order chi connectivity index (χ0) is 20.4. The Morgan fingerprint density at radius 1 is 0.966 bits per heavy atom. The van der Waals surface area contributed by atoms with E-state index in [0.29, 0.717) is 12.4 Å². The molecule has 0 saturated carbocycles. The van der Waals surface area contributed by atoms with E-state index < -0.39 is 17.1 Å². The van der Waals surface area contributed by atoms with Crippen LogP contribution < -0.4 is 21.8 Å². The summed E-state index contributed by atoms with van der Waals surface area (Å²) in [5.74, 6) is 0.662. The highest BCUT2D eigenvalue weighted by atomic mass is 16.5. The van der Waals surface area contributed by atoms with Gasteiger partial charge in [0.1, 0.15) is 12.4 Å². The SMILES string of the molecule is Cc1cc(COc2ccc(Cn3c(=O)[nH]c(=O)[nH]c3=O)cc2)c2ccccc2n1. The second kappa shape index (κ2) is 7.59. The Morgan fingerprint density at radius 2 is 1.66 bits per heavy atom. The Bertz CT molecular complexity index is 1320. The number of hydrogen-bond acceptors (Lipinski definition) is 5. The van der Waals surface area contributed by atoms with Gasteiger partial charge < -0.3 is 4.74 Å². The molecule has 0 unspecified atom stereocenters. The van der Waals surface area contributed by atoms with E-state index in [1.807, 2.05) is 47.2 Å². The number of rotatable bonds is 5. The van der Waals surface area contributed by atoms with Crippen molar-refractivity contribution in [2.75, 3.05) is 0 Å². The number of nitrogens with one attached hydrogen (secondary N) is 2. The van der Waals surface area contributed by atoms with Crippen LogP contribution in [0.25, 0.3) is 10.9 Å². The Hall–Kier alpha value is -3.94. The van der Waals surface area contributed by atoms with Gasteiger partial charge in [0, 0.05) is 16.6 Å². The summed E-state index contributed by atoms with van der Waals surface area (Å²) in [5, 5.41) is 1.05. The summed E-state index contributed by atoms with van der Waals surface area (Å²) in [6, 6.07) is 17.0. The van der Waals surface area contributed by atoms with Gasteiger partial charge in [-0.2, -0.15) is 0 Å². The first-order valence-electron chi connectivity index (χ1n) is 9.00. The monoisotopic (exact) mass is 390 g/mol. The van der Waals surface area contributed by atoms with E-state index in [4.69, 9.17) is 4.74 Å². The number of para-hydroxylation sites is 1. The van der Waals surface area contributed by atoms with Gasteiger partial charge in [0.2, 0.25) is 0 Å². The highest BCUT2D eigenvalue weighted by molar-refractivity contribution is 5.82. The molecule has 8 nitrogen and oxygen atoms in total. The lowest BCUT2D eigenvalue weighted by Gasteiger charge is -2.11. The molecule has 8 heteroatoms. The van der Waals surface area contributed by atoms with Gasteiger partial charge in [0.15, 0.2) is 0 Å². The average molecular weight is 390 g/mol. The van der Waals surface area contributed by atoms with Crippen molar-refractivity contribution in [1.29, 1.82) is 0 Å². The van der Waals surface area contributed by atoms with Gasteiger partial charge >= 0.3 is 17.1 Å². The van der Waals surface area contributed by atoms with E-state index in [0.717, 1.165) is 32.3 Å². The summed E-state index contributed by atoms with van der Waals surface area (Å²) in [7, 11) is 0. The van der Waals surface area contributed by atoms with Crippen LogP contribution >= 0.6 is 0 Å². The van der Waals surface area contributed by atoms with E-state index in [-0.39, 0.29) is 6.54 Å². The fraction of sp³-hybridized carbons (Fsp3) is 0.143. The minimum Gasteiger partial charge on any atom is -0.489 e. The van der Waals surface area contributed by atoms with Crippen LogP contribution in [0.3, 0.4) is 0 Å². The van der Waals surface area contributed by atoms with Gasteiger partial charge in [0.25, 0.3) is 0 Å². The number of hydrogen-bond donors (Lipinski definition) is 2. The molecule has 2 N–H and O–H groups in total. The third-order valence-electron chi connectivity index (χ3n) is 4.52. The lowest BCUT2D eigenvalue weighted by Crippen LogP contribution is -2.43. The van der Waals surface area contributed by atoms with Crippen molar-refractivity contribution in [2.24, 2.45) is 0 Å². The van der Waals surface area contributed by atoms with Crippen LogP contribution in [0, 0.1) is 6.92 Å². The summed E-state index contributed by atoms with van der Waals surface area (Å²) < 4.78 is 6.83. The molecule has 0 aliphatic carbocycles. The maximum absolute atomic E-state index is 11.8. The number of benzene rings is 2. The zero-order valence-corrected chi connectivity index (χ0v) is 15.6. The first-order chi connectivity index (χ1) is 14.0. The molecule has 2 aromatic carbocycles. The van der Waals surface area contributed by atoms with E-state index >= 15 is 0 Å². The van der Waals surface area contributed by atoms with E-state index in [1.165, 1.54) is 0 Å². The molecule has 4 aromatic rings. The Morgan fingerprint density at radius 3 is 2.38 bits per heavy atom. The molecule has 0 atom stereocenters. The third kappa shape index (κ3) is 4.01. The minimum absolute atomic E-state index is 0.0411. The largest absolute Gasteiger partial charge is 0.489 e. The molecule has 0 aliphatic heterocycles. The van der Waals surface area contributed by atoms with Gasteiger partial charge in [-0.05, 0) is 36.8 Å².